The zero-order valence-corrected chi connectivity index (χ0v) is 11.7. The molecule has 3 rings (SSSR count). The van der Waals surface area contributed by atoms with Crippen LogP contribution in [0, 0.1) is 0 Å². The van der Waals surface area contributed by atoms with Crippen LogP contribution in [0.2, 0.25) is 0 Å². The molecule has 0 spiro atoms. The van der Waals surface area contributed by atoms with Crippen LogP contribution in [0.5, 0.6) is 11.5 Å². The zero-order valence-electron chi connectivity index (χ0n) is 11.7. The van der Waals surface area contributed by atoms with Crippen molar-refractivity contribution in [3.63, 3.8) is 0 Å². The molecule has 2 atom stereocenters. The standard InChI is InChI=1S/C17H18O3/c1-19-12-7-8-16(20-2)15(10-12)17(18)14-9-11-5-3-4-6-13(11)14/h3-8,10,14,17-18H,9H2,1-2H3. The lowest BCUT2D eigenvalue weighted by Crippen LogP contribution is -2.23. The van der Waals surface area contributed by atoms with E-state index in [0.717, 1.165) is 17.7 Å². The first kappa shape index (κ1) is 13.0. The van der Waals surface area contributed by atoms with E-state index in [0.29, 0.717) is 5.75 Å². The molecule has 20 heavy (non-hydrogen) atoms. The van der Waals surface area contributed by atoms with Crippen LogP contribution in [-0.4, -0.2) is 19.3 Å². The molecule has 0 aromatic heterocycles. The number of methoxy groups -OCH3 is 2. The van der Waals surface area contributed by atoms with Crippen molar-refractivity contribution in [3.8, 4) is 11.5 Å². The van der Waals surface area contributed by atoms with E-state index in [9.17, 15) is 5.11 Å². The Balaban J connectivity index is 1.93. The van der Waals surface area contributed by atoms with E-state index in [1.54, 1.807) is 14.2 Å². The predicted octanol–water partition coefficient (Wildman–Crippen LogP) is 3.08. The Labute approximate surface area is 118 Å². The molecule has 0 aliphatic heterocycles. The summed E-state index contributed by atoms with van der Waals surface area (Å²) in [5.41, 5.74) is 3.33. The average Bonchev–Trinajstić information content (AvgIpc) is 2.47. The highest BCUT2D eigenvalue weighted by molar-refractivity contribution is 5.47. The van der Waals surface area contributed by atoms with Gasteiger partial charge in [0, 0.05) is 11.5 Å². The average molecular weight is 270 g/mol. The Morgan fingerprint density at radius 3 is 2.60 bits per heavy atom. The predicted molar refractivity (Wildman–Crippen MR) is 77.4 cm³/mol. The van der Waals surface area contributed by atoms with Crippen molar-refractivity contribution < 1.29 is 14.6 Å². The molecule has 0 fully saturated rings. The second-order valence-electron chi connectivity index (χ2n) is 5.06. The van der Waals surface area contributed by atoms with Gasteiger partial charge in [-0.05, 0) is 35.7 Å². The van der Waals surface area contributed by atoms with Gasteiger partial charge in [0.25, 0.3) is 0 Å². The normalized spacial score (nSPS) is 17.9. The smallest absolute Gasteiger partial charge is 0.124 e. The van der Waals surface area contributed by atoms with Crippen molar-refractivity contribution in [2.45, 2.75) is 18.4 Å². The first-order chi connectivity index (χ1) is 9.74. The van der Waals surface area contributed by atoms with Crippen molar-refractivity contribution >= 4 is 0 Å². The lowest BCUT2D eigenvalue weighted by Gasteiger charge is -2.34. The summed E-state index contributed by atoms with van der Waals surface area (Å²) in [6, 6.07) is 13.8. The van der Waals surface area contributed by atoms with Gasteiger partial charge in [0.15, 0.2) is 0 Å². The van der Waals surface area contributed by atoms with Crippen molar-refractivity contribution in [1.82, 2.24) is 0 Å². The summed E-state index contributed by atoms with van der Waals surface area (Å²) in [5.74, 6) is 1.56. The number of aliphatic hydroxyl groups is 1. The largest absolute Gasteiger partial charge is 0.497 e. The minimum absolute atomic E-state index is 0.132. The van der Waals surface area contributed by atoms with Gasteiger partial charge in [-0.1, -0.05) is 24.3 Å². The molecule has 1 aliphatic carbocycles. The third-order valence-electron chi connectivity index (χ3n) is 4.03. The van der Waals surface area contributed by atoms with E-state index >= 15 is 0 Å². The summed E-state index contributed by atoms with van der Waals surface area (Å²) in [5, 5.41) is 10.7. The van der Waals surface area contributed by atoms with Gasteiger partial charge in [-0.3, -0.25) is 0 Å². The van der Waals surface area contributed by atoms with Crippen molar-refractivity contribution in [2.75, 3.05) is 14.2 Å². The Morgan fingerprint density at radius 1 is 1.10 bits per heavy atom. The maximum Gasteiger partial charge on any atom is 0.124 e. The fourth-order valence-corrected chi connectivity index (χ4v) is 2.87. The van der Waals surface area contributed by atoms with Crippen LogP contribution in [-0.2, 0) is 6.42 Å². The molecule has 0 heterocycles. The van der Waals surface area contributed by atoms with Gasteiger partial charge in [-0.25, -0.2) is 0 Å². The lowest BCUT2D eigenvalue weighted by atomic mass is 9.73. The Kier molecular flexibility index (Phi) is 3.36. The highest BCUT2D eigenvalue weighted by Crippen LogP contribution is 2.45. The maximum absolute atomic E-state index is 10.7. The van der Waals surface area contributed by atoms with Crippen LogP contribution in [0.15, 0.2) is 42.5 Å². The van der Waals surface area contributed by atoms with Crippen LogP contribution < -0.4 is 9.47 Å². The fourth-order valence-electron chi connectivity index (χ4n) is 2.87. The van der Waals surface area contributed by atoms with E-state index in [4.69, 9.17) is 9.47 Å². The highest BCUT2D eigenvalue weighted by atomic mass is 16.5. The van der Waals surface area contributed by atoms with Crippen molar-refractivity contribution in [3.05, 3.63) is 59.2 Å². The number of hydrogen-bond acceptors (Lipinski definition) is 3. The number of benzene rings is 2. The molecule has 2 aromatic carbocycles. The minimum Gasteiger partial charge on any atom is -0.497 e. The molecule has 0 radical (unpaired) electrons. The monoisotopic (exact) mass is 270 g/mol. The number of ether oxygens (including phenoxy) is 2. The Bertz CT molecular complexity index is 621. The number of fused-ring (bicyclic) bond motifs is 1. The highest BCUT2D eigenvalue weighted by Gasteiger charge is 2.34. The topological polar surface area (TPSA) is 38.7 Å². The summed E-state index contributed by atoms with van der Waals surface area (Å²) < 4.78 is 10.6. The third kappa shape index (κ3) is 2.04. The van der Waals surface area contributed by atoms with Crippen LogP contribution in [0.4, 0.5) is 0 Å². The van der Waals surface area contributed by atoms with E-state index in [-0.39, 0.29) is 5.92 Å². The number of rotatable bonds is 4. The maximum atomic E-state index is 10.7. The fraction of sp³-hybridized carbons (Fsp3) is 0.294. The van der Waals surface area contributed by atoms with Crippen LogP contribution >= 0.6 is 0 Å². The molecule has 1 aliphatic rings. The van der Waals surface area contributed by atoms with Crippen LogP contribution in [0.3, 0.4) is 0 Å². The molecule has 0 bridgehead atoms. The van der Waals surface area contributed by atoms with Gasteiger partial charge >= 0.3 is 0 Å². The first-order valence-corrected chi connectivity index (χ1v) is 6.72. The molecule has 0 saturated heterocycles. The second-order valence-corrected chi connectivity index (χ2v) is 5.06. The van der Waals surface area contributed by atoms with Gasteiger partial charge in [-0.15, -0.1) is 0 Å². The summed E-state index contributed by atoms with van der Waals surface area (Å²) in [6.07, 6.45) is 0.326. The number of aliphatic hydroxyl groups excluding tert-OH is 1. The van der Waals surface area contributed by atoms with Crippen LogP contribution in [0.1, 0.15) is 28.7 Å². The Morgan fingerprint density at radius 2 is 1.90 bits per heavy atom. The molecule has 3 heteroatoms. The van der Waals surface area contributed by atoms with Gasteiger partial charge < -0.3 is 14.6 Å². The van der Waals surface area contributed by atoms with E-state index < -0.39 is 6.10 Å². The molecule has 104 valence electrons. The van der Waals surface area contributed by atoms with E-state index in [2.05, 4.69) is 12.1 Å². The lowest BCUT2D eigenvalue weighted by molar-refractivity contribution is 0.131. The first-order valence-electron chi connectivity index (χ1n) is 6.72. The molecular formula is C17H18O3. The van der Waals surface area contributed by atoms with Gasteiger partial charge in [0.2, 0.25) is 0 Å². The molecular weight excluding hydrogens is 252 g/mol. The van der Waals surface area contributed by atoms with Crippen molar-refractivity contribution in [1.29, 1.82) is 0 Å². The van der Waals surface area contributed by atoms with E-state index in [1.165, 1.54) is 11.1 Å². The third-order valence-corrected chi connectivity index (χ3v) is 4.03. The van der Waals surface area contributed by atoms with E-state index in [1.807, 2.05) is 30.3 Å². The molecule has 0 amide bonds. The molecule has 3 nitrogen and oxygen atoms in total. The van der Waals surface area contributed by atoms with Crippen LogP contribution in [0.25, 0.3) is 0 Å². The quantitative estimate of drug-likeness (QED) is 0.928. The number of hydrogen-bond donors (Lipinski definition) is 1. The molecule has 0 saturated carbocycles. The molecule has 2 unspecified atom stereocenters. The van der Waals surface area contributed by atoms with Gasteiger partial charge in [-0.2, -0.15) is 0 Å². The molecule has 2 aromatic rings. The summed E-state index contributed by atoms with van der Waals surface area (Å²) in [4.78, 5) is 0. The van der Waals surface area contributed by atoms with Gasteiger partial charge in [0.1, 0.15) is 11.5 Å². The zero-order chi connectivity index (χ0) is 14.1. The van der Waals surface area contributed by atoms with Gasteiger partial charge in [0.05, 0.1) is 20.3 Å². The van der Waals surface area contributed by atoms with Crippen molar-refractivity contribution in [2.24, 2.45) is 0 Å². The Hall–Kier alpha value is -2.00. The summed E-state index contributed by atoms with van der Waals surface area (Å²) in [6.45, 7) is 0. The minimum atomic E-state index is -0.574. The molecule has 1 N–H and O–H groups in total. The second kappa shape index (κ2) is 5.17. The summed E-state index contributed by atoms with van der Waals surface area (Å²) in [7, 11) is 3.24. The summed E-state index contributed by atoms with van der Waals surface area (Å²) >= 11 is 0. The SMILES string of the molecule is COc1ccc(OC)c(C(O)C2Cc3ccccc32)c1.